The summed E-state index contributed by atoms with van der Waals surface area (Å²) in [5.41, 5.74) is -7.81. The van der Waals surface area contributed by atoms with Crippen molar-refractivity contribution in [2.45, 2.75) is 139 Å². The summed E-state index contributed by atoms with van der Waals surface area (Å²) >= 11 is 0. The number of ether oxygens (including phenoxy) is 4. The Morgan fingerprint density at radius 3 is 1.51 bits per heavy atom. The Balaban J connectivity index is 2.03. The van der Waals surface area contributed by atoms with E-state index in [-0.39, 0.29) is 6.42 Å². The van der Waals surface area contributed by atoms with Gasteiger partial charge in [-0.2, -0.15) is 26.3 Å². The summed E-state index contributed by atoms with van der Waals surface area (Å²) in [5, 5.41) is 0. The van der Waals surface area contributed by atoms with E-state index in [1.165, 1.54) is 74.9 Å². The van der Waals surface area contributed by atoms with Crippen LogP contribution in [0, 0.1) is 23.7 Å². The summed E-state index contributed by atoms with van der Waals surface area (Å²) < 4.78 is 106. The highest BCUT2D eigenvalue weighted by molar-refractivity contribution is 5.83. The molecule has 0 aliphatic carbocycles. The van der Waals surface area contributed by atoms with Gasteiger partial charge in [0.05, 0.1) is 0 Å². The van der Waals surface area contributed by atoms with Crippen LogP contribution in [0.1, 0.15) is 121 Å². The molecule has 57 heavy (non-hydrogen) atoms. The number of allylic oxidation sites excluding steroid dienone is 2. The molecule has 314 valence electrons. The van der Waals surface area contributed by atoms with Crippen molar-refractivity contribution in [3.8, 4) is 23.7 Å². The van der Waals surface area contributed by atoms with Gasteiger partial charge in [-0.25, -0.2) is 9.59 Å². The van der Waals surface area contributed by atoms with Gasteiger partial charge in [-0.05, 0) is 62.2 Å². The van der Waals surface area contributed by atoms with Crippen LogP contribution in [0.25, 0.3) is 0 Å². The minimum atomic E-state index is -5.20. The lowest BCUT2D eigenvalue weighted by molar-refractivity contribution is -0.277. The molecule has 0 aromatic heterocycles. The smallest absolute Gasteiger partial charge is 0.432 e. The fraction of sp³-hybridized carbons (Fsp3) is 0.556. The van der Waals surface area contributed by atoms with Crippen molar-refractivity contribution in [1.29, 1.82) is 0 Å². The van der Waals surface area contributed by atoms with Gasteiger partial charge in [-0.1, -0.05) is 144 Å². The van der Waals surface area contributed by atoms with Gasteiger partial charge in [-0.15, -0.1) is 0 Å². The molecule has 0 fully saturated rings. The predicted octanol–water partition coefficient (Wildman–Crippen LogP) is 11.5. The Morgan fingerprint density at radius 1 is 0.614 bits per heavy atom. The Hall–Kier alpha value is -4.26. The molecule has 0 unspecified atom stereocenters. The molecule has 3 atom stereocenters. The van der Waals surface area contributed by atoms with Gasteiger partial charge in [0.15, 0.2) is 12.7 Å². The molecule has 0 amide bonds. The van der Waals surface area contributed by atoms with E-state index in [4.69, 9.17) is 14.2 Å². The zero-order chi connectivity index (χ0) is 42.0. The zero-order valence-electron chi connectivity index (χ0n) is 33.2. The molecule has 0 N–H and O–H groups in total. The second-order valence-corrected chi connectivity index (χ2v) is 13.6. The molecule has 0 heterocycles. The first-order chi connectivity index (χ1) is 27.3. The standard InChI is InChI=1S/C45H56F6O6/c1-4-5-6-7-8-9-10-11-12-13-14-15-16-17-18-19-27-34-39(57-41(53)43(55-3,45(49,50)51)38-32-25-21-26-33-38)35-28-22-29-36-56-40(52)42(54-2,44(46,47)48)37-30-23-20-24-31-37/h11-12,20-21,23-26,30-33,39H,4-10,13-19,27,34,36H2,1-3H3/b12-11-/t39-,42+,43+/m1/s1. The van der Waals surface area contributed by atoms with Crippen molar-refractivity contribution in [3.05, 3.63) is 83.9 Å². The number of alkyl halides is 6. The van der Waals surface area contributed by atoms with E-state index in [0.717, 1.165) is 83.4 Å². The van der Waals surface area contributed by atoms with Crippen molar-refractivity contribution in [2.24, 2.45) is 0 Å². The average Bonchev–Trinajstić information content (AvgIpc) is 3.18. The van der Waals surface area contributed by atoms with Crippen LogP contribution in [-0.4, -0.2) is 51.2 Å². The minimum Gasteiger partial charge on any atom is -0.450 e. The van der Waals surface area contributed by atoms with Crippen LogP contribution in [0.2, 0.25) is 0 Å². The van der Waals surface area contributed by atoms with Gasteiger partial charge in [0.2, 0.25) is 0 Å². The van der Waals surface area contributed by atoms with Crippen LogP contribution < -0.4 is 0 Å². The quantitative estimate of drug-likeness (QED) is 0.0327. The third-order valence-electron chi connectivity index (χ3n) is 9.48. The highest BCUT2D eigenvalue weighted by atomic mass is 19.4. The maximum atomic E-state index is 14.5. The molecule has 0 bridgehead atoms. The first-order valence-electron chi connectivity index (χ1n) is 19.7. The number of carbonyl (C=O) groups is 2. The maximum absolute atomic E-state index is 14.5. The molecule has 0 saturated carbocycles. The lowest BCUT2D eigenvalue weighted by Gasteiger charge is -2.33. The van der Waals surface area contributed by atoms with Crippen molar-refractivity contribution >= 4 is 11.9 Å². The van der Waals surface area contributed by atoms with E-state index >= 15 is 0 Å². The van der Waals surface area contributed by atoms with E-state index < -0.39 is 59.3 Å². The number of methoxy groups -OCH3 is 2. The van der Waals surface area contributed by atoms with Crippen LogP contribution in [0.5, 0.6) is 0 Å². The fourth-order valence-corrected chi connectivity index (χ4v) is 6.30. The van der Waals surface area contributed by atoms with E-state index in [9.17, 15) is 35.9 Å². The van der Waals surface area contributed by atoms with Gasteiger partial charge in [-0.3, -0.25) is 0 Å². The Labute approximate surface area is 334 Å². The maximum Gasteiger partial charge on any atom is 0.432 e. The summed E-state index contributed by atoms with van der Waals surface area (Å²) in [6.45, 7) is 1.41. The third-order valence-corrected chi connectivity index (χ3v) is 9.48. The average molecular weight is 807 g/mol. The van der Waals surface area contributed by atoms with E-state index in [2.05, 4.69) is 47.5 Å². The lowest BCUT2D eigenvalue weighted by Crippen LogP contribution is -2.52. The van der Waals surface area contributed by atoms with Gasteiger partial charge in [0.25, 0.3) is 11.2 Å². The summed E-state index contributed by atoms with van der Waals surface area (Å²) in [6, 6.07) is 12.6. The Kier molecular flexibility index (Phi) is 22.2. The first kappa shape index (κ1) is 48.9. The molecule has 0 saturated heterocycles. The monoisotopic (exact) mass is 806 g/mol. The van der Waals surface area contributed by atoms with Gasteiger partial charge < -0.3 is 18.9 Å². The summed E-state index contributed by atoms with van der Waals surface area (Å²) in [5.74, 6) is 6.06. The molecular formula is C45H56F6O6. The number of hydrogen-bond donors (Lipinski definition) is 0. The number of rotatable bonds is 25. The normalized spacial score (nSPS) is 14.3. The molecule has 6 nitrogen and oxygen atoms in total. The summed E-state index contributed by atoms with van der Waals surface area (Å²) in [4.78, 5) is 26.1. The van der Waals surface area contributed by atoms with Crippen molar-refractivity contribution < 1.29 is 54.9 Å². The SMILES string of the molecule is CCCCCCCC/C=C\CCCCCCCCC[C@H](C#CC#CCOC(=O)[C@@](OC)(c1ccccc1)C(F)(F)F)OC(=O)[C@@](OC)(c1ccccc1)C(F)(F)F. The van der Waals surface area contributed by atoms with Crippen molar-refractivity contribution in [1.82, 2.24) is 0 Å². The van der Waals surface area contributed by atoms with Gasteiger partial charge >= 0.3 is 24.3 Å². The van der Waals surface area contributed by atoms with Gasteiger partial charge in [0, 0.05) is 25.3 Å². The van der Waals surface area contributed by atoms with Crippen LogP contribution in [0.3, 0.4) is 0 Å². The number of hydrogen-bond acceptors (Lipinski definition) is 6. The van der Waals surface area contributed by atoms with Crippen LogP contribution in [0.15, 0.2) is 72.8 Å². The molecule has 12 heteroatoms. The minimum absolute atomic E-state index is 0.0876. The van der Waals surface area contributed by atoms with Gasteiger partial charge in [0.1, 0.15) is 0 Å². The number of esters is 2. The molecule has 2 aromatic rings. The topological polar surface area (TPSA) is 71.1 Å². The van der Waals surface area contributed by atoms with Crippen LogP contribution in [0.4, 0.5) is 26.3 Å². The molecule has 0 aliphatic rings. The second-order valence-electron chi connectivity index (χ2n) is 13.6. The van der Waals surface area contributed by atoms with Crippen LogP contribution >= 0.6 is 0 Å². The summed E-state index contributed by atoms with van der Waals surface area (Å²) in [6.07, 6.45) is 9.06. The second kappa shape index (κ2) is 25.9. The Bertz CT molecular complexity index is 1600. The summed E-state index contributed by atoms with van der Waals surface area (Å²) in [7, 11) is 1.49. The Morgan fingerprint density at radius 2 is 1.05 bits per heavy atom. The van der Waals surface area contributed by atoms with E-state index in [1.807, 2.05) is 0 Å². The zero-order valence-corrected chi connectivity index (χ0v) is 33.2. The number of benzene rings is 2. The van der Waals surface area contributed by atoms with Crippen molar-refractivity contribution in [3.63, 3.8) is 0 Å². The molecule has 0 radical (unpaired) electrons. The molecule has 0 spiro atoms. The molecule has 0 aliphatic heterocycles. The van der Waals surface area contributed by atoms with Crippen molar-refractivity contribution in [2.75, 3.05) is 20.8 Å². The third kappa shape index (κ3) is 15.2. The predicted molar refractivity (Wildman–Crippen MR) is 207 cm³/mol. The highest BCUT2D eigenvalue weighted by Gasteiger charge is 2.65. The molecular weight excluding hydrogens is 750 g/mol. The fourth-order valence-electron chi connectivity index (χ4n) is 6.30. The number of carbonyl (C=O) groups excluding carboxylic acids is 2. The largest absolute Gasteiger partial charge is 0.450 e. The molecule has 2 aromatic carbocycles. The molecule has 2 rings (SSSR count). The lowest BCUT2D eigenvalue weighted by atomic mass is 9.92. The van der Waals surface area contributed by atoms with E-state index in [0.29, 0.717) is 12.8 Å². The first-order valence-corrected chi connectivity index (χ1v) is 19.7. The highest BCUT2D eigenvalue weighted by Crippen LogP contribution is 2.44. The number of unbranched alkanes of at least 4 members (excludes halogenated alkanes) is 13. The number of halogens is 6. The van der Waals surface area contributed by atoms with Crippen LogP contribution in [-0.2, 0) is 39.7 Å². The van der Waals surface area contributed by atoms with E-state index in [1.54, 1.807) is 0 Å².